The number of hydrogen-bond acceptors (Lipinski definition) is 3. The van der Waals surface area contributed by atoms with E-state index in [9.17, 15) is 5.11 Å². The number of hydrogen-bond donors (Lipinski definition) is 1. The van der Waals surface area contributed by atoms with Crippen LogP contribution in [-0.2, 0) is 0 Å². The highest BCUT2D eigenvalue weighted by molar-refractivity contribution is 5.73. The minimum atomic E-state index is 0.209. The van der Waals surface area contributed by atoms with Crippen molar-refractivity contribution in [2.75, 3.05) is 0 Å². The third-order valence-electron chi connectivity index (χ3n) is 2.74. The lowest BCUT2D eigenvalue weighted by Crippen LogP contribution is -1.98. The fourth-order valence-corrected chi connectivity index (χ4v) is 1.91. The maximum atomic E-state index is 9.62. The first kappa shape index (κ1) is 10.5. The van der Waals surface area contributed by atoms with Crippen LogP contribution < -0.4 is 0 Å². The standard InChI is InChI=1S/C14H11N3O/c18-12-6-7-13(11-4-2-1-3-5-11)14(10-12)17-9-8-15-16-17/h1-10,18H. The molecule has 0 spiro atoms. The van der Waals surface area contributed by atoms with Crippen molar-refractivity contribution in [3.05, 3.63) is 60.9 Å². The predicted octanol–water partition coefficient (Wildman–Crippen LogP) is 2.64. The topological polar surface area (TPSA) is 50.9 Å². The Kier molecular flexibility index (Phi) is 2.53. The van der Waals surface area contributed by atoms with Gasteiger partial charge >= 0.3 is 0 Å². The smallest absolute Gasteiger partial charge is 0.117 e. The molecule has 4 heteroatoms. The summed E-state index contributed by atoms with van der Waals surface area (Å²) in [6.07, 6.45) is 3.36. The molecule has 0 amide bonds. The number of rotatable bonds is 2. The minimum Gasteiger partial charge on any atom is -0.508 e. The zero-order chi connectivity index (χ0) is 12.4. The molecule has 3 rings (SSSR count). The fraction of sp³-hybridized carbons (Fsp3) is 0. The Balaban J connectivity index is 2.21. The number of phenols is 1. The highest BCUT2D eigenvalue weighted by Crippen LogP contribution is 2.29. The summed E-state index contributed by atoms with van der Waals surface area (Å²) in [5.74, 6) is 0.209. The van der Waals surface area contributed by atoms with Gasteiger partial charge in [0, 0.05) is 11.6 Å². The Morgan fingerprint density at radius 1 is 1.00 bits per heavy atom. The Bertz CT molecular complexity index is 648. The van der Waals surface area contributed by atoms with E-state index in [1.54, 1.807) is 29.2 Å². The van der Waals surface area contributed by atoms with E-state index in [1.807, 2.05) is 36.4 Å². The van der Waals surface area contributed by atoms with Crippen LogP contribution in [0.4, 0.5) is 0 Å². The molecule has 0 saturated carbocycles. The first-order valence-corrected chi connectivity index (χ1v) is 5.60. The Morgan fingerprint density at radius 2 is 1.83 bits per heavy atom. The lowest BCUT2D eigenvalue weighted by molar-refractivity contribution is 0.475. The van der Waals surface area contributed by atoms with Gasteiger partial charge in [0.1, 0.15) is 5.75 Å². The summed E-state index contributed by atoms with van der Waals surface area (Å²) in [7, 11) is 0. The van der Waals surface area contributed by atoms with Gasteiger partial charge in [0.15, 0.2) is 0 Å². The molecule has 2 aromatic carbocycles. The Labute approximate surface area is 104 Å². The number of benzene rings is 2. The SMILES string of the molecule is Oc1ccc(-c2ccccc2)c(-n2ccnn2)c1. The molecule has 0 aliphatic carbocycles. The van der Waals surface area contributed by atoms with Crippen molar-refractivity contribution < 1.29 is 5.11 Å². The molecule has 3 aromatic rings. The van der Waals surface area contributed by atoms with Crippen molar-refractivity contribution >= 4 is 0 Å². The molecule has 0 aliphatic rings. The van der Waals surface area contributed by atoms with Crippen molar-refractivity contribution in [1.29, 1.82) is 0 Å². The lowest BCUT2D eigenvalue weighted by atomic mass is 10.0. The van der Waals surface area contributed by atoms with Crippen LogP contribution in [0.25, 0.3) is 16.8 Å². The van der Waals surface area contributed by atoms with Gasteiger partial charge in [-0.05, 0) is 17.7 Å². The van der Waals surface area contributed by atoms with Crippen LogP contribution in [0, 0.1) is 0 Å². The summed E-state index contributed by atoms with van der Waals surface area (Å²) < 4.78 is 1.64. The third kappa shape index (κ3) is 1.84. The molecule has 0 atom stereocenters. The minimum absolute atomic E-state index is 0.209. The predicted molar refractivity (Wildman–Crippen MR) is 68.5 cm³/mol. The maximum Gasteiger partial charge on any atom is 0.117 e. The summed E-state index contributed by atoms with van der Waals surface area (Å²) in [6.45, 7) is 0. The zero-order valence-corrected chi connectivity index (χ0v) is 9.56. The van der Waals surface area contributed by atoms with Gasteiger partial charge in [0.2, 0.25) is 0 Å². The first-order valence-electron chi connectivity index (χ1n) is 5.60. The Morgan fingerprint density at radius 3 is 2.56 bits per heavy atom. The lowest BCUT2D eigenvalue weighted by Gasteiger charge is -2.09. The monoisotopic (exact) mass is 237 g/mol. The first-order chi connectivity index (χ1) is 8.84. The van der Waals surface area contributed by atoms with Gasteiger partial charge in [-0.15, -0.1) is 5.10 Å². The number of aromatic nitrogens is 3. The van der Waals surface area contributed by atoms with Gasteiger partial charge in [-0.25, -0.2) is 4.68 Å². The summed E-state index contributed by atoms with van der Waals surface area (Å²) in [6, 6.07) is 15.2. The molecule has 88 valence electrons. The van der Waals surface area contributed by atoms with E-state index in [0.717, 1.165) is 16.8 Å². The van der Waals surface area contributed by atoms with E-state index < -0.39 is 0 Å². The van der Waals surface area contributed by atoms with E-state index >= 15 is 0 Å². The summed E-state index contributed by atoms with van der Waals surface area (Å²) >= 11 is 0. The molecule has 18 heavy (non-hydrogen) atoms. The van der Waals surface area contributed by atoms with Crippen LogP contribution in [0.15, 0.2) is 60.9 Å². The van der Waals surface area contributed by atoms with Crippen molar-refractivity contribution in [3.8, 4) is 22.6 Å². The van der Waals surface area contributed by atoms with E-state index in [2.05, 4.69) is 10.3 Å². The number of nitrogens with zero attached hydrogens (tertiary/aromatic N) is 3. The molecular weight excluding hydrogens is 226 g/mol. The van der Waals surface area contributed by atoms with Crippen LogP contribution in [0.2, 0.25) is 0 Å². The molecule has 0 radical (unpaired) electrons. The molecule has 0 unspecified atom stereocenters. The molecule has 0 bridgehead atoms. The molecular formula is C14H11N3O. The van der Waals surface area contributed by atoms with E-state index in [4.69, 9.17) is 0 Å². The normalized spacial score (nSPS) is 10.4. The molecule has 4 nitrogen and oxygen atoms in total. The van der Waals surface area contributed by atoms with Gasteiger partial charge in [-0.1, -0.05) is 35.5 Å². The fourth-order valence-electron chi connectivity index (χ4n) is 1.91. The summed E-state index contributed by atoms with van der Waals surface area (Å²) in [4.78, 5) is 0. The van der Waals surface area contributed by atoms with E-state index in [-0.39, 0.29) is 5.75 Å². The highest BCUT2D eigenvalue weighted by atomic mass is 16.3. The molecule has 0 aliphatic heterocycles. The second-order valence-corrected chi connectivity index (χ2v) is 3.92. The second kappa shape index (κ2) is 4.33. The van der Waals surface area contributed by atoms with E-state index in [1.165, 1.54) is 0 Å². The van der Waals surface area contributed by atoms with Crippen LogP contribution in [0.3, 0.4) is 0 Å². The zero-order valence-electron chi connectivity index (χ0n) is 9.56. The van der Waals surface area contributed by atoms with Gasteiger partial charge < -0.3 is 5.11 Å². The third-order valence-corrected chi connectivity index (χ3v) is 2.74. The van der Waals surface area contributed by atoms with Crippen molar-refractivity contribution in [2.24, 2.45) is 0 Å². The van der Waals surface area contributed by atoms with Crippen LogP contribution in [0.1, 0.15) is 0 Å². The molecule has 1 heterocycles. The number of aromatic hydroxyl groups is 1. The maximum absolute atomic E-state index is 9.62. The average Bonchev–Trinajstić information content (AvgIpc) is 2.93. The molecule has 0 fully saturated rings. The summed E-state index contributed by atoms with van der Waals surface area (Å²) in [5.41, 5.74) is 2.88. The number of phenolic OH excluding ortho intramolecular Hbond substituents is 1. The van der Waals surface area contributed by atoms with Crippen LogP contribution in [0.5, 0.6) is 5.75 Å². The second-order valence-electron chi connectivity index (χ2n) is 3.92. The van der Waals surface area contributed by atoms with E-state index in [0.29, 0.717) is 0 Å². The molecule has 1 N–H and O–H groups in total. The highest BCUT2D eigenvalue weighted by Gasteiger charge is 2.08. The largest absolute Gasteiger partial charge is 0.508 e. The molecule has 1 aromatic heterocycles. The van der Waals surface area contributed by atoms with Gasteiger partial charge in [0.05, 0.1) is 18.1 Å². The summed E-state index contributed by atoms with van der Waals surface area (Å²) in [5, 5.41) is 17.4. The van der Waals surface area contributed by atoms with Gasteiger partial charge in [0.25, 0.3) is 0 Å². The van der Waals surface area contributed by atoms with Crippen LogP contribution in [-0.4, -0.2) is 20.1 Å². The van der Waals surface area contributed by atoms with Gasteiger partial charge in [-0.2, -0.15) is 0 Å². The molecule has 0 saturated heterocycles. The van der Waals surface area contributed by atoms with Crippen LogP contribution >= 0.6 is 0 Å². The van der Waals surface area contributed by atoms with Crippen molar-refractivity contribution in [3.63, 3.8) is 0 Å². The van der Waals surface area contributed by atoms with Crippen molar-refractivity contribution in [1.82, 2.24) is 15.0 Å². The quantitative estimate of drug-likeness (QED) is 0.745. The average molecular weight is 237 g/mol. The van der Waals surface area contributed by atoms with Gasteiger partial charge in [-0.3, -0.25) is 0 Å². The van der Waals surface area contributed by atoms with Crippen molar-refractivity contribution in [2.45, 2.75) is 0 Å². The Hall–Kier alpha value is -2.62.